The van der Waals surface area contributed by atoms with Crippen LogP contribution in [0.15, 0.2) is 41.7 Å². The van der Waals surface area contributed by atoms with Crippen LogP contribution in [0.4, 0.5) is 19.3 Å². The van der Waals surface area contributed by atoms with E-state index in [1.807, 2.05) is 31.2 Å². The smallest absolute Gasteiger partial charge is 0.412 e. The number of ether oxygens (including phenoxy) is 1. The summed E-state index contributed by atoms with van der Waals surface area (Å²) in [5, 5.41) is 8.95. The van der Waals surface area contributed by atoms with E-state index in [4.69, 9.17) is 4.74 Å². The third kappa shape index (κ3) is 8.61. The number of rotatable bonds is 8. The van der Waals surface area contributed by atoms with Gasteiger partial charge in [-0.2, -0.15) is 8.78 Å². The fraction of sp³-hybridized carbons (Fsp3) is 0.476. The second kappa shape index (κ2) is 11.3. The summed E-state index contributed by atoms with van der Waals surface area (Å²) >= 11 is 0. The molecule has 2 rings (SSSR count). The number of alkyl halides is 2. The quantitative estimate of drug-likeness (QED) is 0.431. The average molecular weight is 437 g/mol. The molecule has 3 N–H and O–H groups in total. The van der Waals surface area contributed by atoms with E-state index in [0.29, 0.717) is 31.2 Å². The van der Waals surface area contributed by atoms with E-state index in [1.165, 1.54) is 12.4 Å². The van der Waals surface area contributed by atoms with Crippen molar-refractivity contribution < 1.29 is 18.3 Å². The summed E-state index contributed by atoms with van der Waals surface area (Å²) in [5.41, 5.74) is 1.15. The number of anilines is 1. The molecule has 0 fully saturated rings. The highest BCUT2D eigenvalue weighted by Gasteiger charge is 2.16. The van der Waals surface area contributed by atoms with Gasteiger partial charge in [-0.25, -0.2) is 14.8 Å². The van der Waals surface area contributed by atoms with E-state index in [0.717, 1.165) is 10.1 Å². The zero-order valence-electron chi connectivity index (χ0n) is 18.3. The molecule has 0 unspecified atom stereocenters. The van der Waals surface area contributed by atoms with Crippen LogP contribution in [-0.2, 0) is 17.7 Å². The van der Waals surface area contributed by atoms with E-state index < -0.39 is 18.2 Å². The maximum atomic E-state index is 12.9. The molecule has 0 radical (unpaired) electrons. The van der Waals surface area contributed by atoms with Gasteiger partial charge in [0, 0.05) is 31.2 Å². The number of nitrogens with zero attached hydrogens (tertiary/aromatic N) is 3. The van der Waals surface area contributed by atoms with Crippen LogP contribution in [-0.4, -0.2) is 40.3 Å². The Hall–Kier alpha value is -3.17. The van der Waals surface area contributed by atoms with Gasteiger partial charge in [-0.05, 0) is 51.8 Å². The molecule has 0 saturated carbocycles. The number of aliphatic imine (C=N–C) groups is 1. The Bertz CT molecular complexity index is 860. The first-order chi connectivity index (χ1) is 14.7. The lowest BCUT2D eigenvalue weighted by Crippen LogP contribution is -2.38. The average Bonchev–Trinajstić information content (AvgIpc) is 3.15. The summed E-state index contributed by atoms with van der Waals surface area (Å²) in [4.78, 5) is 20.1. The topological polar surface area (TPSA) is 92.6 Å². The lowest BCUT2D eigenvalue weighted by molar-refractivity contribution is 0.0634. The molecule has 0 saturated heterocycles. The zero-order chi connectivity index (χ0) is 22.9. The van der Waals surface area contributed by atoms with Crippen LogP contribution in [0.25, 0.3) is 0 Å². The van der Waals surface area contributed by atoms with Gasteiger partial charge in [-0.15, -0.1) is 0 Å². The number of halogens is 2. The summed E-state index contributed by atoms with van der Waals surface area (Å²) in [6, 6.07) is 7.45. The molecule has 0 spiro atoms. The predicted octanol–water partition coefficient (Wildman–Crippen LogP) is 3.92. The Kier molecular flexibility index (Phi) is 8.77. The van der Waals surface area contributed by atoms with Gasteiger partial charge in [0.2, 0.25) is 0 Å². The fourth-order valence-electron chi connectivity index (χ4n) is 2.64. The molecular weight excluding hydrogens is 406 g/mol. The highest BCUT2D eigenvalue weighted by molar-refractivity contribution is 5.84. The van der Waals surface area contributed by atoms with Crippen LogP contribution in [0.1, 0.15) is 45.6 Å². The first-order valence-corrected chi connectivity index (χ1v) is 10.1. The first kappa shape index (κ1) is 24.1. The number of hydrogen-bond donors (Lipinski definition) is 3. The highest BCUT2D eigenvalue weighted by atomic mass is 19.3. The van der Waals surface area contributed by atoms with Crippen molar-refractivity contribution in [3.05, 3.63) is 48.0 Å². The number of carbonyl (C=O) groups is 1. The van der Waals surface area contributed by atoms with Crippen molar-refractivity contribution in [2.45, 2.75) is 52.8 Å². The Balaban J connectivity index is 1.85. The molecule has 0 atom stereocenters. The Morgan fingerprint density at radius 1 is 1.23 bits per heavy atom. The monoisotopic (exact) mass is 436 g/mol. The second-order valence-electron chi connectivity index (χ2n) is 7.72. The van der Waals surface area contributed by atoms with Crippen molar-refractivity contribution in [2.24, 2.45) is 4.99 Å². The van der Waals surface area contributed by atoms with Crippen molar-refractivity contribution in [2.75, 3.05) is 18.4 Å². The molecule has 1 aromatic carbocycles. The molecule has 2 aromatic rings. The minimum Gasteiger partial charge on any atom is -0.444 e. The van der Waals surface area contributed by atoms with Crippen molar-refractivity contribution in [3.8, 4) is 0 Å². The largest absolute Gasteiger partial charge is 0.444 e. The summed E-state index contributed by atoms with van der Waals surface area (Å²) in [5.74, 6) is 0.717. The lowest BCUT2D eigenvalue weighted by Gasteiger charge is -2.19. The second-order valence-corrected chi connectivity index (χ2v) is 7.72. The molecule has 0 aliphatic carbocycles. The molecule has 0 aliphatic heterocycles. The Labute approximate surface area is 181 Å². The van der Waals surface area contributed by atoms with Crippen molar-refractivity contribution >= 4 is 17.7 Å². The minimum absolute atomic E-state index is 0.0394. The summed E-state index contributed by atoms with van der Waals surface area (Å²) in [6.45, 7) is 5.97. The number of benzene rings is 1. The van der Waals surface area contributed by atoms with E-state index >= 15 is 0 Å². The first-order valence-electron chi connectivity index (χ1n) is 10.1. The predicted molar refractivity (Wildman–Crippen MR) is 116 cm³/mol. The molecular formula is C21H30F2N6O2. The maximum Gasteiger partial charge on any atom is 0.412 e. The normalized spacial score (nSPS) is 12.0. The fourth-order valence-corrected chi connectivity index (χ4v) is 2.64. The van der Waals surface area contributed by atoms with Gasteiger partial charge < -0.3 is 15.4 Å². The third-order valence-electron chi connectivity index (χ3n) is 3.99. The number of nitrogens with one attached hydrogen (secondary N) is 3. The Morgan fingerprint density at radius 3 is 2.55 bits per heavy atom. The van der Waals surface area contributed by atoms with Gasteiger partial charge in [0.05, 0.1) is 0 Å². The van der Waals surface area contributed by atoms with Crippen molar-refractivity contribution in [1.82, 2.24) is 20.2 Å². The van der Waals surface area contributed by atoms with E-state index in [1.54, 1.807) is 20.8 Å². The zero-order valence-corrected chi connectivity index (χ0v) is 18.3. The molecule has 0 aliphatic rings. The molecule has 1 aromatic heterocycles. The van der Waals surface area contributed by atoms with Gasteiger partial charge in [0.15, 0.2) is 5.96 Å². The SMILES string of the molecule is CCNC(=NCc1nccn1C(F)F)NCCc1ccc(NC(=O)OC(C)(C)C)cc1. The van der Waals surface area contributed by atoms with E-state index in [2.05, 4.69) is 25.9 Å². The van der Waals surface area contributed by atoms with Gasteiger partial charge in [-0.1, -0.05) is 12.1 Å². The number of imidazole rings is 1. The summed E-state index contributed by atoms with van der Waals surface area (Å²) < 4.78 is 31.8. The Morgan fingerprint density at radius 2 is 1.94 bits per heavy atom. The van der Waals surface area contributed by atoms with Crippen LogP contribution in [0.5, 0.6) is 0 Å². The number of amides is 1. The lowest BCUT2D eigenvalue weighted by atomic mass is 10.1. The van der Waals surface area contributed by atoms with Gasteiger partial charge in [0.25, 0.3) is 0 Å². The van der Waals surface area contributed by atoms with Gasteiger partial charge in [0.1, 0.15) is 18.0 Å². The number of guanidine groups is 1. The third-order valence-corrected chi connectivity index (χ3v) is 3.99. The molecule has 1 heterocycles. The van der Waals surface area contributed by atoms with Gasteiger partial charge in [-0.3, -0.25) is 9.88 Å². The maximum absolute atomic E-state index is 12.9. The van der Waals surface area contributed by atoms with Crippen LogP contribution in [0.3, 0.4) is 0 Å². The summed E-state index contributed by atoms with van der Waals surface area (Å²) in [7, 11) is 0. The number of aromatic nitrogens is 2. The van der Waals surface area contributed by atoms with Crippen LogP contribution in [0, 0.1) is 0 Å². The van der Waals surface area contributed by atoms with E-state index in [-0.39, 0.29) is 12.4 Å². The van der Waals surface area contributed by atoms with Crippen LogP contribution < -0.4 is 16.0 Å². The highest BCUT2D eigenvalue weighted by Crippen LogP contribution is 2.14. The van der Waals surface area contributed by atoms with Crippen molar-refractivity contribution in [3.63, 3.8) is 0 Å². The minimum atomic E-state index is -2.64. The molecule has 10 heteroatoms. The number of carbonyl (C=O) groups excluding carboxylic acids is 1. The molecule has 31 heavy (non-hydrogen) atoms. The van der Waals surface area contributed by atoms with Crippen molar-refractivity contribution in [1.29, 1.82) is 0 Å². The molecule has 8 nitrogen and oxygen atoms in total. The molecule has 1 amide bonds. The van der Waals surface area contributed by atoms with Crippen LogP contribution in [0.2, 0.25) is 0 Å². The standard InChI is InChI=1S/C21H30F2N6O2/c1-5-24-19(27-14-17-25-12-13-29(17)18(22)23)26-11-10-15-6-8-16(9-7-15)28-20(30)31-21(2,3)4/h6-9,12-13,18H,5,10-11,14H2,1-4H3,(H,28,30)(H2,24,26,27). The number of hydrogen-bond acceptors (Lipinski definition) is 4. The van der Waals surface area contributed by atoms with E-state index in [9.17, 15) is 13.6 Å². The van der Waals surface area contributed by atoms with Gasteiger partial charge >= 0.3 is 12.6 Å². The van der Waals surface area contributed by atoms with Crippen LogP contribution >= 0.6 is 0 Å². The molecule has 170 valence electrons. The summed E-state index contributed by atoms with van der Waals surface area (Å²) in [6.07, 6.45) is 2.78. The molecule has 0 bridgehead atoms.